The summed E-state index contributed by atoms with van der Waals surface area (Å²) >= 11 is 0. The first-order valence-electron chi connectivity index (χ1n) is 7.55. The van der Waals surface area contributed by atoms with Crippen molar-refractivity contribution in [3.63, 3.8) is 0 Å². The molecular weight excluding hydrogens is 367 g/mol. The predicted octanol–water partition coefficient (Wildman–Crippen LogP) is 5.22. The third-order valence-corrected chi connectivity index (χ3v) is 3.90. The van der Waals surface area contributed by atoms with Gasteiger partial charge in [-0.15, -0.1) is 25.6 Å². The fraction of sp³-hybridized carbons (Fsp3) is 0.158. The standard InChI is InChI=1S/C19H16F3NO2.ClH/c1-24-17-9-6-13-10-15(3-2-14(13)11-17)18(23)12-4-7-16(8-5-12)25-19(20,21)22;/h2-11,18H,23H2,1H3;1H/t18-;/m0./s1. The van der Waals surface area contributed by atoms with Crippen LogP contribution in [0.1, 0.15) is 17.2 Å². The number of alkyl halides is 3. The lowest BCUT2D eigenvalue weighted by Crippen LogP contribution is -2.17. The van der Waals surface area contributed by atoms with Crippen LogP contribution >= 0.6 is 12.4 Å². The fourth-order valence-corrected chi connectivity index (χ4v) is 2.63. The van der Waals surface area contributed by atoms with Crippen LogP contribution in [0.3, 0.4) is 0 Å². The van der Waals surface area contributed by atoms with Gasteiger partial charge in [0.2, 0.25) is 0 Å². The van der Waals surface area contributed by atoms with Gasteiger partial charge < -0.3 is 15.2 Å². The van der Waals surface area contributed by atoms with Crippen molar-refractivity contribution in [3.8, 4) is 11.5 Å². The third-order valence-electron chi connectivity index (χ3n) is 3.90. The van der Waals surface area contributed by atoms with Crippen molar-refractivity contribution in [3.05, 3.63) is 71.8 Å². The third kappa shape index (κ3) is 4.59. The zero-order chi connectivity index (χ0) is 18.0. The smallest absolute Gasteiger partial charge is 0.497 e. The number of hydrogen-bond acceptors (Lipinski definition) is 3. The number of methoxy groups -OCH3 is 1. The molecule has 0 aliphatic carbocycles. The van der Waals surface area contributed by atoms with Crippen LogP contribution in [0, 0.1) is 0 Å². The zero-order valence-corrected chi connectivity index (χ0v) is 14.6. The van der Waals surface area contributed by atoms with Crippen molar-refractivity contribution < 1.29 is 22.6 Å². The maximum atomic E-state index is 12.2. The van der Waals surface area contributed by atoms with Crippen LogP contribution in [0.15, 0.2) is 60.7 Å². The molecule has 0 saturated heterocycles. The van der Waals surface area contributed by atoms with Crippen molar-refractivity contribution in [2.75, 3.05) is 7.11 Å². The average molecular weight is 384 g/mol. The van der Waals surface area contributed by atoms with Gasteiger partial charge in [0.15, 0.2) is 0 Å². The van der Waals surface area contributed by atoms with Crippen LogP contribution < -0.4 is 15.2 Å². The lowest BCUT2D eigenvalue weighted by molar-refractivity contribution is -0.274. The van der Waals surface area contributed by atoms with Gasteiger partial charge in [-0.2, -0.15) is 0 Å². The summed E-state index contributed by atoms with van der Waals surface area (Å²) in [6.07, 6.45) is -4.71. The van der Waals surface area contributed by atoms with Crippen LogP contribution in [0.2, 0.25) is 0 Å². The van der Waals surface area contributed by atoms with Gasteiger partial charge in [-0.25, -0.2) is 0 Å². The molecule has 0 heterocycles. The van der Waals surface area contributed by atoms with Gasteiger partial charge in [-0.05, 0) is 52.2 Å². The van der Waals surface area contributed by atoms with Crippen LogP contribution in [-0.2, 0) is 0 Å². The zero-order valence-electron chi connectivity index (χ0n) is 13.8. The highest BCUT2D eigenvalue weighted by molar-refractivity contribution is 5.85. The number of rotatable bonds is 4. The van der Waals surface area contributed by atoms with Gasteiger partial charge in [0.05, 0.1) is 13.2 Å². The number of halogens is 4. The molecule has 0 amide bonds. The van der Waals surface area contributed by atoms with Crippen molar-refractivity contribution in [2.45, 2.75) is 12.4 Å². The molecule has 3 aromatic rings. The number of nitrogens with two attached hydrogens (primary N) is 1. The minimum atomic E-state index is -4.71. The lowest BCUT2D eigenvalue weighted by atomic mass is 9.97. The normalized spacial score (nSPS) is 12.3. The molecule has 138 valence electrons. The first kappa shape index (κ1) is 19.9. The molecule has 0 aliphatic heterocycles. The van der Waals surface area contributed by atoms with Crippen molar-refractivity contribution in [2.24, 2.45) is 5.73 Å². The molecule has 3 nitrogen and oxygen atoms in total. The SMILES string of the molecule is COc1ccc2cc([C@@H](N)c3ccc(OC(F)(F)F)cc3)ccc2c1.Cl. The van der Waals surface area contributed by atoms with Crippen LogP contribution in [0.25, 0.3) is 10.8 Å². The molecule has 3 rings (SSSR count). The second-order valence-electron chi connectivity index (χ2n) is 5.57. The molecule has 3 aromatic carbocycles. The summed E-state index contributed by atoms with van der Waals surface area (Å²) in [4.78, 5) is 0. The summed E-state index contributed by atoms with van der Waals surface area (Å²) in [7, 11) is 1.61. The van der Waals surface area contributed by atoms with Crippen LogP contribution in [0.5, 0.6) is 11.5 Å². The Morgan fingerprint density at radius 3 is 1.96 bits per heavy atom. The van der Waals surface area contributed by atoms with Crippen LogP contribution in [0.4, 0.5) is 13.2 Å². The van der Waals surface area contributed by atoms with E-state index < -0.39 is 12.4 Å². The first-order valence-corrected chi connectivity index (χ1v) is 7.55. The van der Waals surface area contributed by atoms with Crippen molar-refractivity contribution >= 4 is 23.2 Å². The molecule has 26 heavy (non-hydrogen) atoms. The van der Waals surface area contributed by atoms with Crippen molar-refractivity contribution in [1.29, 1.82) is 0 Å². The molecule has 0 aliphatic rings. The molecule has 0 spiro atoms. The highest BCUT2D eigenvalue weighted by atomic mass is 35.5. The van der Waals surface area contributed by atoms with Gasteiger partial charge in [-0.3, -0.25) is 0 Å². The topological polar surface area (TPSA) is 44.5 Å². The highest BCUT2D eigenvalue weighted by Crippen LogP contribution is 2.28. The van der Waals surface area contributed by atoms with E-state index >= 15 is 0 Å². The van der Waals surface area contributed by atoms with Crippen molar-refractivity contribution in [1.82, 2.24) is 0 Å². The average Bonchev–Trinajstić information content (AvgIpc) is 2.59. The molecule has 0 bridgehead atoms. The molecule has 7 heteroatoms. The quantitative estimate of drug-likeness (QED) is 0.672. The van der Waals surface area contributed by atoms with Crippen LogP contribution in [-0.4, -0.2) is 13.5 Å². The first-order chi connectivity index (χ1) is 11.9. The summed E-state index contributed by atoms with van der Waals surface area (Å²) in [6.45, 7) is 0. The van der Waals surface area contributed by atoms with E-state index in [-0.39, 0.29) is 18.2 Å². The number of hydrogen-bond donors (Lipinski definition) is 1. The Kier molecular flexibility index (Phi) is 6.00. The molecule has 0 saturated carbocycles. The summed E-state index contributed by atoms with van der Waals surface area (Å²) in [5.41, 5.74) is 7.81. The van der Waals surface area contributed by atoms with E-state index in [1.807, 2.05) is 36.4 Å². The summed E-state index contributed by atoms with van der Waals surface area (Å²) < 4.78 is 45.7. The minimum Gasteiger partial charge on any atom is -0.497 e. The largest absolute Gasteiger partial charge is 0.573 e. The molecule has 1 atom stereocenters. The molecule has 0 radical (unpaired) electrons. The Balaban J connectivity index is 0.00000243. The number of fused-ring (bicyclic) bond motifs is 1. The molecule has 0 fully saturated rings. The molecule has 2 N–H and O–H groups in total. The summed E-state index contributed by atoms with van der Waals surface area (Å²) in [5.74, 6) is 0.499. The highest BCUT2D eigenvalue weighted by Gasteiger charge is 2.31. The summed E-state index contributed by atoms with van der Waals surface area (Å²) in [5, 5.41) is 2.02. The van der Waals surface area contributed by atoms with E-state index in [2.05, 4.69) is 4.74 Å². The monoisotopic (exact) mass is 383 g/mol. The number of benzene rings is 3. The lowest BCUT2D eigenvalue weighted by Gasteiger charge is -2.15. The number of ether oxygens (including phenoxy) is 2. The maximum absolute atomic E-state index is 12.2. The van der Waals surface area contributed by atoms with Gasteiger partial charge in [-0.1, -0.05) is 30.3 Å². The molecular formula is C19H17ClF3NO2. The van der Waals surface area contributed by atoms with Gasteiger partial charge >= 0.3 is 6.36 Å². The van der Waals surface area contributed by atoms with E-state index in [4.69, 9.17) is 10.5 Å². The second-order valence-corrected chi connectivity index (χ2v) is 5.57. The minimum absolute atomic E-state index is 0. The van der Waals surface area contributed by atoms with E-state index in [0.29, 0.717) is 5.56 Å². The predicted molar refractivity (Wildman–Crippen MR) is 96.9 cm³/mol. The van der Waals surface area contributed by atoms with Gasteiger partial charge in [0, 0.05) is 0 Å². The molecule has 0 aromatic heterocycles. The summed E-state index contributed by atoms with van der Waals surface area (Å²) in [6, 6.07) is 16.6. The van der Waals surface area contributed by atoms with E-state index in [1.54, 1.807) is 7.11 Å². The fourth-order valence-electron chi connectivity index (χ4n) is 2.63. The molecule has 0 unspecified atom stereocenters. The Labute approximate surface area is 154 Å². The Morgan fingerprint density at radius 1 is 0.808 bits per heavy atom. The Morgan fingerprint density at radius 2 is 1.35 bits per heavy atom. The second kappa shape index (κ2) is 7.85. The van der Waals surface area contributed by atoms with E-state index in [0.717, 1.165) is 22.1 Å². The van der Waals surface area contributed by atoms with Gasteiger partial charge in [0.25, 0.3) is 0 Å². The van der Waals surface area contributed by atoms with E-state index in [1.165, 1.54) is 24.3 Å². The van der Waals surface area contributed by atoms with Gasteiger partial charge in [0.1, 0.15) is 11.5 Å². The Hall–Kier alpha value is -2.44. The maximum Gasteiger partial charge on any atom is 0.573 e. The van der Waals surface area contributed by atoms with E-state index in [9.17, 15) is 13.2 Å². The Bertz CT molecular complexity index is 882.